The lowest BCUT2D eigenvalue weighted by Gasteiger charge is -2.25. The summed E-state index contributed by atoms with van der Waals surface area (Å²) in [5, 5.41) is 9.15. The number of phenols is 1. The van der Waals surface area contributed by atoms with E-state index in [0.717, 1.165) is 0 Å². The highest BCUT2D eigenvalue weighted by Gasteiger charge is 2.19. The van der Waals surface area contributed by atoms with Crippen LogP contribution in [-0.2, 0) is 0 Å². The minimum Gasteiger partial charge on any atom is -0.508 e. The Morgan fingerprint density at radius 1 is 1.46 bits per heavy atom. The smallest absolute Gasteiger partial charge is 0.165 e. The van der Waals surface area contributed by atoms with Crippen LogP contribution < -0.4 is 15.2 Å². The Hall–Kier alpha value is -1.42. The molecule has 1 aliphatic rings. The Balaban J connectivity index is 2.26. The molecule has 13 heavy (non-hydrogen) atoms. The maximum atomic E-state index is 9.15. The molecule has 70 valence electrons. The molecule has 4 nitrogen and oxygen atoms in total. The number of hydrogen-bond acceptors (Lipinski definition) is 4. The molecule has 3 N–H and O–H groups in total. The van der Waals surface area contributed by atoms with Crippen molar-refractivity contribution in [3.8, 4) is 17.2 Å². The standard InChI is InChI=1S/C9H11NO3/c10-4-7-5-12-9-3-6(11)1-2-8(9)13-7/h1-3,7,11H,4-5,10H2/t7-/m1/s1. The second kappa shape index (κ2) is 3.14. The minimum atomic E-state index is -0.0861. The molecule has 1 aliphatic heterocycles. The number of ether oxygens (including phenoxy) is 2. The van der Waals surface area contributed by atoms with E-state index in [1.54, 1.807) is 12.1 Å². The van der Waals surface area contributed by atoms with E-state index in [2.05, 4.69) is 0 Å². The monoisotopic (exact) mass is 181 g/mol. The predicted molar refractivity (Wildman–Crippen MR) is 47.1 cm³/mol. The van der Waals surface area contributed by atoms with E-state index in [-0.39, 0.29) is 11.9 Å². The van der Waals surface area contributed by atoms with Gasteiger partial charge in [0.15, 0.2) is 11.5 Å². The number of phenolic OH excluding ortho intramolecular Hbond substituents is 1. The highest BCUT2D eigenvalue weighted by molar-refractivity contribution is 5.45. The second-order valence-corrected chi connectivity index (χ2v) is 2.92. The quantitative estimate of drug-likeness (QED) is 0.661. The zero-order chi connectivity index (χ0) is 9.26. The van der Waals surface area contributed by atoms with Crippen LogP contribution in [0.15, 0.2) is 18.2 Å². The van der Waals surface area contributed by atoms with Gasteiger partial charge in [-0.15, -0.1) is 0 Å². The second-order valence-electron chi connectivity index (χ2n) is 2.92. The van der Waals surface area contributed by atoms with Crippen molar-refractivity contribution in [2.75, 3.05) is 13.2 Å². The summed E-state index contributed by atoms with van der Waals surface area (Å²) in [4.78, 5) is 0. The average molecular weight is 181 g/mol. The molecule has 0 aromatic heterocycles. The number of rotatable bonds is 1. The van der Waals surface area contributed by atoms with E-state index in [0.29, 0.717) is 24.7 Å². The number of fused-ring (bicyclic) bond motifs is 1. The average Bonchev–Trinajstić information content (AvgIpc) is 2.17. The molecular weight excluding hydrogens is 170 g/mol. The van der Waals surface area contributed by atoms with Crippen LogP contribution in [-0.4, -0.2) is 24.4 Å². The van der Waals surface area contributed by atoms with Crippen LogP contribution >= 0.6 is 0 Å². The molecule has 0 unspecified atom stereocenters. The van der Waals surface area contributed by atoms with Crippen LogP contribution in [0.2, 0.25) is 0 Å². The normalized spacial score (nSPS) is 19.9. The van der Waals surface area contributed by atoms with Gasteiger partial charge in [0, 0.05) is 12.6 Å². The summed E-state index contributed by atoms with van der Waals surface area (Å²) in [6, 6.07) is 4.76. The number of nitrogens with two attached hydrogens (primary N) is 1. The van der Waals surface area contributed by atoms with Crippen LogP contribution in [0.3, 0.4) is 0 Å². The van der Waals surface area contributed by atoms with Gasteiger partial charge in [0.25, 0.3) is 0 Å². The van der Waals surface area contributed by atoms with Gasteiger partial charge in [0.05, 0.1) is 0 Å². The highest BCUT2D eigenvalue weighted by Crippen LogP contribution is 2.34. The zero-order valence-electron chi connectivity index (χ0n) is 7.06. The van der Waals surface area contributed by atoms with E-state index in [9.17, 15) is 0 Å². The van der Waals surface area contributed by atoms with Gasteiger partial charge in [-0.3, -0.25) is 0 Å². The van der Waals surface area contributed by atoms with Crippen LogP contribution in [0.1, 0.15) is 0 Å². The van der Waals surface area contributed by atoms with Crippen molar-refractivity contribution in [2.45, 2.75) is 6.10 Å². The molecule has 4 heteroatoms. The third-order valence-corrected chi connectivity index (χ3v) is 1.91. The molecule has 0 amide bonds. The fourth-order valence-corrected chi connectivity index (χ4v) is 1.22. The fraction of sp³-hybridized carbons (Fsp3) is 0.333. The van der Waals surface area contributed by atoms with E-state index >= 15 is 0 Å². The van der Waals surface area contributed by atoms with Crippen LogP contribution in [0.25, 0.3) is 0 Å². The molecule has 0 aliphatic carbocycles. The summed E-state index contributed by atoms with van der Waals surface area (Å²) in [5.41, 5.74) is 5.44. The summed E-state index contributed by atoms with van der Waals surface area (Å²) in [7, 11) is 0. The SMILES string of the molecule is NC[C@@H]1COc2cc(O)ccc2O1. The maximum absolute atomic E-state index is 9.15. The molecule has 0 spiro atoms. The molecule has 0 radical (unpaired) electrons. The van der Waals surface area contributed by atoms with Gasteiger partial charge in [0.1, 0.15) is 18.5 Å². The summed E-state index contributed by atoms with van der Waals surface area (Å²) in [6.45, 7) is 0.868. The lowest BCUT2D eigenvalue weighted by molar-refractivity contribution is 0.0965. The third kappa shape index (κ3) is 1.53. The number of benzene rings is 1. The molecule has 0 fully saturated rings. The van der Waals surface area contributed by atoms with Crippen molar-refractivity contribution < 1.29 is 14.6 Å². The molecule has 1 aromatic rings. The van der Waals surface area contributed by atoms with Gasteiger partial charge in [-0.25, -0.2) is 0 Å². The van der Waals surface area contributed by atoms with E-state index < -0.39 is 0 Å². The molecule has 0 saturated carbocycles. The lowest BCUT2D eigenvalue weighted by atomic mass is 10.2. The van der Waals surface area contributed by atoms with Crippen molar-refractivity contribution >= 4 is 0 Å². The van der Waals surface area contributed by atoms with E-state index in [1.165, 1.54) is 6.07 Å². The summed E-state index contributed by atoms with van der Waals surface area (Å²) >= 11 is 0. The topological polar surface area (TPSA) is 64.7 Å². The van der Waals surface area contributed by atoms with E-state index in [4.69, 9.17) is 20.3 Å². The van der Waals surface area contributed by atoms with Crippen molar-refractivity contribution in [2.24, 2.45) is 5.73 Å². The van der Waals surface area contributed by atoms with Gasteiger partial charge in [-0.1, -0.05) is 0 Å². The van der Waals surface area contributed by atoms with Crippen molar-refractivity contribution in [3.63, 3.8) is 0 Å². The Bertz CT molecular complexity index is 314. The van der Waals surface area contributed by atoms with Crippen LogP contribution in [0.5, 0.6) is 17.2 Å². The first kappa shape index (κ1) is 8.19. The van der Waals surface area contributed by atoms with E-state index in [1.807, 2.05) is 0 Å². The summed E-state index contributed by atoms with van der Waals surface area (Å²) in [5.74, 6) is 1.39. The van der Waals surface area contributed by atoms with Crippen molar-refractivity contribution in [1.82, 2.24) is 0 Å². The minimum absolute atomic E-state index is 0.0861. The Kier molecular flexibility index (Phi) is 1.98. The maximum Gasteiger partial charge on any atom is 0.165 e. The molecule has 1 heterocycles. The Labute approximate surface area is 75.9 Å². The molecule has 1 atom stereocenters. The molecule has 0 saturated heterocycles. The van der Waals surface area contributed by atoms with Gasteiger partial charge in [-0.05, 0) is 12.1 Å². The predicted octanol–water partition coefficient (Wildman–Crippen LogP) is 0.491. The highest BCUT2D eigenvalue weighted by atomic mass is 16.6. The molecule has 2 rings (SSSR count). The molecular formula is C9H11NO3. The first-order valence-electron chi connectivity index (χ1n) is 4.12. The Morgan fingerprint density at radius 3 is 3.08 bits per heavy atom. The van der Waals surface area contributed by atoms with Crippen LogP contribution in [0, 0.1) is 0 Å². The number of hydrogen-bond donors (Lipinski definition) is 2. The van der Waals surface area contributed by atoms with Gasteiger partial charge < -0.3 is 20.3 Å². The zero-order valence-corrected chi connectivity index (χ0v) is 7.06. The van der Waals surface area contributed by atoms with Gasteiger partial charge in [-0.2, -0.15) is 0 Å². The lowest BCUT2D eigenvalue weighted by Crippen LogP contribution is -2.35. The van der Waals surface area contributed by atoms with Gasteiger partial charge >= 0.3 is 0 Å². The summed E-state index contributed by atoms with van der Waals surface area (Å²) in [6.07, 6.45) is -0.0861. The van der Waals surface area contributed by atoms with Gasteiger partial charge in [0.2, 0.25) is 0 Å². The van der Waals surface area contributed by atoms with Crippen molar-refractivity contribution in [1.29, 1.82) is 0 Å². The van der Waals surface area contributed by atoms with Crippen LogP contribution in [0.4, 0.5) is 0 Å². The molecule has 1 aromatic carbocycles. The summed E-state index contributed by atoms with van der Waals surface area (Å²) < 4.78 is 10.8. The first-order valence-corrected chi connectivity index (χ1v) is 4.12. The third-order valence-electron chi connectivity index (χ3n) is 1.91. The number of aromatic hydroxyl groups is 1. The van der Waals surface area contributed by atoms with Crippen molar-refractivity contribution in [3.05, 3.63) is 18.2 Å². The molecule has 0 bridgehead atoms. The fourth-order valence-electron chi connectivity index (χ4n) is 1.22. The largest absolute Gasteiger partial charge is 0.508 e. The first-order chi connectivity index (χ1) is 6.29. The Morgan fingerprint density at radius 2 is 2.31 bits per heavy atom.